The van der Waals surface area contributed by atoms with Crippen LogP contribution in [0, 0.1) is 0 Å². The molecule has 0 aromatic heterocycles. The van der Waals surface area contributed by atoms with E-state index in [2.05, 4.69) is 5.32 Å². The summed E-state index contributed by atoms with van der Waals surface area (Å²) >= 11 is 6.29. The third kappa shape index (κ3) is 5.03. The van der Waals surface area contributed by atoms with Gasteiger partial charge in [-0.25, -0.2) is 0 Å². The van der Waals surface area contributed by atoms with Crippen LogP contribution in [0.15, 0.2) is 36.4 Å². The lowest BCUT2D eigenvalue weighted by Crippen LogP contribution is -2.12. The highest BCUT2D eigenvalue weighted by molar-refractivity contribution is 6.32. The lowest BCUT2D eigenvalue weighted by molar-refractivity contribution is 0.102. The van der Waals surface area contributed by atoms with Crippen LogP contribution in [0.5, 0.6) is 17.2 Å². The molecule has 1 amide bonds. The van der Waals surface area contributed by atoms with E-state index in [-0.39, 0.29) is 5.91 Å². The summed E-state index contributed by atoms with van der Waals surface area (Å²) in [6, 6.07) is 10.3. The second-order valence-corrected chi connectivity index (χ2v) is 5.66. The molecule has 1 N–H and O–H groups in total. The first-order valence-corrected chi connectivity index (χ1v) is 8.51. The molecule has 0 spiro atoms. The fraction of sp³-hybridized carbons (Fsp3) is 0.316. The van der Waals surface area contributed by atoms with E-state index >= 15 is 0 Å². The van der Waals surface area contributed by atoms with Gasteiger partial charge < -0.3 is 19.5 Å². The van der Waals surface area contributed by atoms with E-state index < -0.39 is 0 Å². The van der Waals surface area contributed by atoms with E-state index in [1.165, 1.54) is 0 Å². The summed E-state index contributed by atoms with van der Waals surface area (Å²) < 4.78 is 16.3. The van der Waals surface area contributed by atoms with Crippen LogP contribution in [0.1, 0.15) is 30.6 Å². The molecule has 0 aliphatic carbocycles. The summed E-state index contributed by atoms with van der Waals surface area (Å²) in [6.07, 6.45) is 0.849. The molecule has 2 aromatic carbocycles. The number of anilines is 1. The van der Waals surface area contributed by atoms with Gasteiger partial charge in [0, 0.05) is 11.3 Å². The van der Waals surface area contributed by atoms with Gasteiger partial charge in [-0.1, -0.05) is 18.5 Å². The molecule has 0 saturated carbocycles. The molecular weight excluding hydrogens is 342 g/mol. The fourth-order valence-corrected chi connectivity index (χ4v) is 2.45. The number of halogens is 1. The van der Waals surface area contributed by atoms with E-state index in [4.69, 9.17) is 25.8 Å². The Morgan fingerprint density at radius 1 is 1.12 bits per heavy atom. The maximum Gasteiger partial charge on any atom is 0.255 e. The standard InChI is InChI=1S/C19H22ClNO4/c1-4-10-25-18-16(20)11-13(12-17(18)24-5-2)19(22)21-14-6-8-15(23-3)9-7-14/h6-9,11-12H,4-5,10H2,1-3H3,(H,21,22). The van der Waals surface area contributed by atoms with Gasteiger partial charge >= 0.3 is 0 Å². The molecule has 0 fully saturated rings. The Hall–Kier alpha value is -2.40. The summed E-state index contributed by atoms with van der Waals surface area (Å²) in [4.78, 5) is 12.5. The van der Waals surface area contributed by atoms with Crippen molar-refractivity contribution < 1.29 is 19.0 Å². The quantitative estimate of drug-likeness (QED) is 0.732. The second-order valence-electron chi connectivity index (χ2n) is 5.25. The van der Waals surface area contributed by atoms with Gasteiger partial charge in [0.2, 0.25) is 0 Å². The smallest absolute Gasteiger partial charge is 0.255 e. The topological polar surface area (TPSA) is 56.8 Å². The molecule has 0 heterocycles. The van der Waals surface area contributed by atoms with Gasteiger partial charge in [0.05, 0.1) is 25.3 Å². The van der Waals surface area contributed by atoms with Crippen molar-refractivity contribution in [3.63, 3.8) is 0 Å². The number of methoxy groups -OCH3 is 1. The van der Waals surface area contributed by atoms with Crippen LogP contribution in [0.2, 0.25) is 5.02 Å². The molecule has 2 rings (SSSR count). The van der Waals surface area contributed by atoms with Crippen molar-refractivity contribution in [2.45, 2.75) is 20.3 Å². The molecule has 2 aromatic rings. The Labute approximate surface area is 152 Å². The van der Waals surface area contributed by atoms with Crippen molar-refractivity contribution in [3.8, 4) is 17.2 Å². The molecule has 5 nitrogen and oxygen atoms in total. The number of rotatable bonds is 8. The minimum atomic E-state index is -0.282. The highest BCUT2D eigenvalue weighted by Crippen LogP contribution is 2.37. The number of hydrogen-bond donors (Lipinski definition) is 1. The van der Waals surface area contributed by atoms with Crippen molar-refractivity contribution in [1.29, 1.82) is 0 Å². The molecule has 0 aliphatic heterocycles. The number of ether oxygens (including phenoxy) is 3. The lowest BCUT2D eigenvalue weighted by atomic mass is 10.1. The molecule has 0 bridgehead atoms. The molecule has 0 radical (unpaired) electrons. The Morgan fingerprint density at radius 3 is 2.44 bits per heavy atom. The zero-order valence-electron chi connectivity index (χ0n) is 14.6. The first kappa shape index (κ1) is 18.9. The molecule has 6 heteroatoms. The molecule has 0 saturated heterocycles. The van der Waals surface area contributed by atoms with Crippen molar-refractivity contribution in [3.05, 3.63) is 47.0 Å². The zero-order valence-corrected chi connectivity index (χ0v) is 15.4. The summed E-state index contributed by atoms with van der Waals surface area (Å²) in [5.41, 5.74) is 1.05. The van der Waals surface area contributed by atoms with E-state index in [0.717, 1.165) is 12.2 Å². The normalized spacial score (nSPS) is 10.2. The van der Waals surface area contributed by atoms with E-state index in [0.29, 0.717) is 41.0 Å². The second kappa shape index (κ2) is 9.18. The number of carbonyl (C=O) groups excluding carboxylic acids is 1. The SMILES string of the molecule is CCCOc1c(Cl)cc(C(=O)Nc2ccc(OC)cc2)cc1OCC. The Morgan fingerprint density at radius 2 is 1.84 bits per heavy atom. The van der Waals surface area contributed by atoms with Gasteiger partial charge in [0.15, 0.2) is 11.5 Å². The van der Waals surface area contributed by atoms with E-state index in [1.54, 1.807) is 43.5 Å². The Bertz CT molecular complexity index is 716. The summed E-state index contributed by atoms with van der Waals surface area (Å²) in [5.74, 6) is 1.36. The summed E-state index contributed by atoms with van der Waals surface area (Å²) in [7, 11) is 1.59. The van der Waals surface area contributed by atoms with Crippen LogP contribution in [-0.4, -0.2) is 26.2 Å². The zero-order chi connectivity index (χ0) is 18.2. The average Bonchev–Trinajstić information content (AvgIpc) is 2.61. The molecule has 0 unspecified atom stereocenters. The maximum absolute atomic E-state index is 12.5. The third-order valence-electron chi connectivity index (χ3n) is 3.37. The number of amides is 1. The molecule has 25 heavy (non-hydrogen) atoms. The number of benzene rings is 2. The Kier molecular flexibility index (Phi) is 6.95. The number of hydrogen-bond acceptors (Lipinski definition) is 4. The first-order valence-electron chi connectivity index (χ1n) is 8.13. The maximum atomic E-state index is 12.5. The lowest BCUT2D eigenvalue weighted by Gasteiger charge is -2.15. The molecule has 0 atom stereocenters. The van der Waals surface area contributed by atoms with Crippen molar-refractivity contribution in [2.24, 2.45) is 0 Å². The van der Waals surface area contributed by atoms with Crippen LogP contribution in [-0.2, 0) is 0 Å². The van der Waals surface area contributed by atoms with Gasteiger partial charge in [0.1, 0.15) is 5.75 Å². The van der Waals surface area contributed by atoms with E-state index in [1.807, 2.05) is 13.8 Å². The van der Waals surface area contributed by atoms with Crippen LogP contribution in [0.25, 0.3) is 0 Å². The molecule has 0 aliphatic rings. The van der Waals surface area contributed by atoms with Gasteiger partial charge in [-0.2, -0.15) is 0 Å². The van der Waals surface area contributed by atoms with Crippen LogP contribution in [0.3, 0.4) is 0 Å². The largest absolute Gasteiger partial charge is 0.497 e. The van der Waals surface area contributed by atoms with Gasteiger partial charge in [0.25, 0.3) is 5.91 Å². The van der Waals surface area contributed by atoms with Crippen LogP contribution in [0.4, 0.5) is 5.69 Å². The van der Waals surface area contributed by atoms with Crippen molar-refractivity contribution in [1.82, 2.24) is 0 Å². The van der Waals surface area contributed by atoms with Crippen LogP contribution < -0.4 is 19.5 Å². The third-order valence-corrected chi connectivity index (χ3v) is 3.65. The summed E-state index contributed by atoms with van der Waals surface area (Å²) in [5, 5.41) is 3.17. The average molecular weight is 364 g/mol. The van der Waals surface area contributed by atoms with E-state index in [9.17, 15) is 4.79 Å². The van der Waals surface area contributed by atoms with Gasteiger partial charge in [-0.05, 0) is 49.7 Å². The number of carbonyl (C=O) groups is 1. The predicted octanol–water partition coefficient (Wildman–Crippen LogP) is 4.79. The molecular formula is C19H22ClNO4. The van der Waals surface area contributed by atoms with Gasteiger partial charge in [-0.15, -0.1) is 0 Å². The first-order chi connectivity index (χ1) is 12.1. The van der Waals surface area contributed by atoms with Crippen molar-refractivity contribution >= 4 is 23.2 Å². The monoisotopic (exact) mass is 363 g/mol. The fourth-order valence-electron chi connectivity index (χ4n) is 2.18. The highest BCUT2D eigenvalue weighted by atomic mass is 35.5. The number of nitrogens with one attached hydrogen (secondary N) is 1. The van der Waals surface area contributed by atoms with Gasteiger partial charge in [-0.3, -0.25) is 4.79 Å². The summed E-state index contributed by atoms with van der Waals surface area (Å²) in [6.45, 7) is 4.84. The van der Waals surface area contributed by atoms with Crippen molar-refractivity contribution in [2.75, 3.05) is 25.6 Å². The predicted molar refractivity (Wildman–Crippen MR) is 99.4 cm³/mol. The molecule has 134 valence electrons. The van der Waals surface area contributed by atoms with Crippen LogP contribution >= 0.6 is 11.6 Å². The Balaban J connectivity index is 2.22. The minimum Gasteiger partial charge on any atom is -0.497 e. The minimum absolute atomic E-state index is 0.282. The highest BCUT2D eigenvalue weighted by Gasteiger charge is 2.16.